The van der Waals surface area contributed by atoms with E-state index in [-0.39, 0.29) is 18.1 Å². The van der Waals surface area contributed by atoms with Gasteiger partial charge in [-0.15, -0.1) is 0 Å². The SMILES string of the molecule is CCOC(=O)c1ccc(NC(=O)COc2ccc(/C=c3\sc4ncnn4c3=O)cc2)cc1. The second kappa shape index (κ2) is 9.40. The second-order valence-corrected chi connectivity index (χ2v) is 7.58. The van der Waals surface area contributed by atoms with Crippen LogP contribution in [0, 0.1) is 0 Å². The topological polar surface area (TPSA) is 112 Å². The maximum atomic E-state index is 12.2. The minimum absolute atomic E-state index is 0.179. The highest BCUT2D eigenvalue weighted by molar-refractivity contribution is 7.15. The lowest BCUT2D eigenvalue weighted by Crippen LogP contribution is -2.23. The number of ether oxygens (including phenoxy) is 2. The van der Waals surface area contributed by atoms with Crippen molar-refractivity contribution in [2.75, 3.05) is 18.5 Å². The first-order valence-corrected chi connectivity index (χ1v) is 10.5. The lowest BCUT2D eigenvalue weighted by Gasteiger charge is -2.08. The van der Waals surface area contributed by atoms with Crippen LogP contribution in [0.4, 0.5) is 5.69 Å². The fourth-order valence-electron chi connectivity index (χ4n) is 2.84. The summed E-state index contributed by atoms with van der Waals surface area (Å²) in [6, 6.07) is 13.4. The quantitative estimate of drug-likeness (QED) is 0.428. The van der Waals surface area contributed by atoms with E-state index >= 15 is 0 Å². The van der Waals surface area contributed by atoms with Gasteiger partial charge in [-0.3, -0.25) is 9.59 Å². The zero-order valence-electron chi connectivity index (χ0n) is 17.0. The monoisotopic (exact) mass is 450 g/mol. The van der Waals surface area contributed by atoms with Gasteiger partial charge < -0.3 is 14.8 Å². The van der Waals surface area contributed by atoms with Crippen molar-refractivity contribution in [1.29, 1.82) is 0 Å². The van der Waals surface area contributed by atoms with E-state index < -0.39 is 5.97 Å². The van der Waals surface area contributed by atoms with Crippen molar-refractivity contribution in [1.82, 2.24) is 14.6 Å². The standard InChI is InChI=1S/C22H18N4O5S/c1-2-30-21(29)15-5-7-16(8-6-15)25-19(27)12-31-17-9-3-14(4-10-17)11-18-20(28)26-22(32-18)23-13-24-26/h3-11,13H,2,12H2,1H3,(H,25,27)/b18-11-. The smallest absolute Gasteiger partial charge is 0.338 e. The van der Waals surface area contributed by atoms with Crippen LogP contribution in [-0.2, 0) is 9.53 Å². The number of aromatic nitrogens is 3. The van der Waals surface area contributed by atoms with E-state index in [4.69, 9.17) is 9.47 Å². The third-order valence-corrected chi connectivity index (χ3v) is 5.32. The Morgan fingerprint density at radius 2 is 1.88 bits per heavy atom. The van der Waals surface area contributed by atoms with E-state index in [0.29, 0.717) is 33.1 Å². The highest BCUT2D eigenvalue weighted by Crippen LogP contribution is 2.14. The van der Waals surface area contributed by atoms with Crippen LogP contribution in [-0.4, -0.2) is 39.7 Å². The largest absolute Gasteiger partial charge is 0.484 e. The number of hydrogen-bond donors (Lipinski definition) is 1. The second-order valence-electron chi connectivity index (χ2n) is 6.57. The molecule has 0 aliphatic carbocycles. The van der Waals surface area contributed by atoms with Crippen LogP contribution >= 0.6 is 11.3 Å². The fraction of sp³-hybridized carbons (Fsp3) is 0.136. The van der Waals surface area contributed by atoms with Gasteiger partial charge in [0.1, 0.15) is 12.1 Å². The van der Waals surface area contributed by atoms with Gasteiger partial charge in [-0.25, -0.2) is 9.78 Å². The molecule has 0 spiro atoms. The number of rotatable bonds is 7. The summed E-state index contributed by atoms with van der Waals surface area (Å²) in [6.45, 7) is 1.86. The van der Waals surface area contributed by atoms with E-state index in [1.807, 2.05) is 0 Å². The Balaban J connectivity index is 1.33. The van der Waals surface area contributed by atoms with Crippen LogP contribution in [0.1, 0.15) is 22.8 Å². The third-order valence-electron chi connectivity index (χ3n) is 4.35. The molecule has 0 unspecified atom stereocenters. The average Bonchev–Trinajstić information content (AvgIpc) is 3.37. The van der Waals surface area contributed by atoms with Gasteiger partial charge in [-0.1, -0.05) is 23.5 Å². The number of benzene rings is 2. The minimum Gasteiger partial charge on any atom is -0.484 e. The number of nitrogens with one attached hydrogen (secondary N) is 1. The first-order valence-electron chi connectivity index (χ1n) is 9.67. The molecule has 0 saturated carbocycles. The van der Waals surface area contributed by atoms with Gasteiger partial charge in [0.15, 0.2) is 6.61 Å². The summed E-state index contributed by atoms with van der Waals surface area (Å²) in [5.74, 6) is -0.235. The molecule has 2 aromatic carbocycles. The molecule has 162 valence electrons. The van der Waals surface area contributed by atoms with Crippen LogP contribution in [0.15, 0.2) is 59.7 Å². The molecule has 32 heavy (non-hydrogen) atoms. The number of nitrogens with zero attached hydrogens (tertiary/aromatic N) is 3. The predicted octanol–water partition coefficient (Wildman–Crippen LogP) is 1.89. The van der Waals surface area contributed by atoms with Gasteiger partial charge in [0.05, 0.1) is 16.7 Å². The molecule has 4 aromatic rings. The first kappa shape index (κ1) is 21.2. The average molecular weight is 450 g/mol. The van der Waals surface area contributed by atoms with Crippen LogP contribution in [0.3, 0.4) is 0 Å². The molecular weight excluding hydrogens is 432 g/mol. The van der Waals surface area contributed by atoms with E-state index in [1.165, 1.54) is 22.2 Å². The van der Waals surface area contributed by atoms with Crippen molar-refractivity contribution >= 4 is 39.9 Å². The lowest BCUT2D eigenvalue weighted by molar-refractivity contribution is -0.118. The number of esters is 1. The number of amides is 1. The molecule has 0 aliphatic rings. The predicted molar refractivity (Wildman–Crippen MR) is 119 cm³/mol. The highest BCUT2D eigenvalue weighted by Gasteiger charge is 2.08. The van der Waals surface area contributed by atoms with Gasteiger partial charge in [0.25, 0.3) is 11.5 Å². The normalized spacial score (nSPS) is 11.5. The molecule has 2 heterocycles. The summed E-state index contributed by atoms with van der Waals surface area (Å²) in [5.41, 5.74) is 1.55. The number of thiazole rings is 1. The molecular formula is C22H18N4O5S. The molecule has 1 N–H and O–H groups in total. The summed E-state index contributed by atoms with van der Waals surface area (Å²) < 4.78 is 12.2. The van der Waals surface area contributed by atoms with Gasteiger partial charge in [-0.2, -0.15) is 9.61 Å². The Morgan fingerprint density at radius 1 is 1.12 bits per heavy atom. The number of carbonyl (C=O) groups is 2. The molecule has 0 saturated heterocycles. The Bertz CT molecular complexity index is 1360. The Kier molecular flexibility index (Phi) is 6.22. The van der Waals surface area contributed by atoms with Gasteiger partial charge in [-0.05, 0) is 55.0 Å². The van der Waals surface area contributed by atoms with Crippen molar-refractivity contribution in [3.05, 3.63) is 80.9 Å². The molecule has 9 nitrogen and oxygen atoms in total. The Morgan fingerprint density at radius 3 is 2.56 bits per heavy atom. The number of hydrogen-bond acceptors (Lipinski definition) is 8. The van der Waals surface area contributed by atoms with Crippen molar-refractivity contribution < 1.29 is 19.1 Å². The fourth-order valence-corrected chi connectivity index (χ4v) is 3.72. The van der Waals surface area contributed by atoms with Crippen molar-refractivity contribution in [3.8, 4) is 5.75 Å². The van der Waals surface area contributed by atoms with Crippen LogP contribution in [0.5, 0.6) is 5.75 Å². The number of anilines is 1. The summed E-state index contributed by atoms with van der Waals surface area (Å²) >= 11 is 1.26. The van der Waals surface area contributed by atoms with Crippen LogP contribution in [0.2, 0.25) is 0 Å². The van der Waals surface area contributed by atoms with Gasteiger partial charge in [0.2, 0.25) is 4.96 Å². The number of carbonyl (C=O) groups excluding carboxylic acids is 2. The van der Waals surface area contributed by atoms with Crippen molar-refractivity contribution in [2.45, 2.75) is 6.92 Å². The zero-order valence-corrected chi connectivity index (χ0v) is 17.8. The molecule has 2 aromatic heterocycles. The van der Waals surface area contributed by atoms with Crippen molar-refractivity contribution in [2.24, 2.45) is 0 Å². The molecule has 0 aliphatic heterocycles. The van der Waals surface area contributed by atoms with Crippen LogP contribution < -0.4 is 20.1 Å². The third kappa shape index (κ3) is 4.81. The summed E-state index contributed by atoms with van der Waals surface area (Å²) in [7, 11) is 0. The van der Waals surface area contributed by atoms with E-state index in [1.54, 1.807) is 61.5 Å². The molecule has 4 rings (SSSR count). The highest BCUT2D eigenvalue weighted by atomic mass is 32.1. The zero-order chi connectivity index (χ0) is 22.5. The molecule has 0 atom stereocenters. The van der Waals surface area contributed by atoms with Gasteiger partial charge >= 0.3 is 5.97 Å². The summed E-state index contributed by atoms with van der Waals surface area (Å²) in [4.78, 5) is 40.6. The molecule has 10 heteroatoms. The molecule has 0 radical (unpaired) electrons. The Labute approximate surface area is 185 Å². The minimum atomic E-state index is -0.411. The van der Waals surface area contributed by atoms with Crippen molar-refractivity contribution in [3.63, 3.8) is 0 Å². The summed E-state index contributed by atoms with van der Waals surface area (Å²) in [6.07, 6.45) is 3.09. The van der Waals surface area contributed by atoms with Gasteiger partial charge in [0, 0.05) is 5.69 Å². The summed E-state index contributed by atoms with van der Waals surface area (Å²) in [5, 5.41) is 6.59. The van der Waals surface area contributed by atoms with E-state index in [2.05, 4.69) is 15.4 Å². The van der Waals surface area contributed by atoms with Crippen LogP contribution in [0.25, 0.3) is 11.0 Å². The lowest BCUT2D eigenvalue weighted by atomic mass is 10.2. The number of fused-ring (bicyclic) bond motifs is 1. The molecule has 0 fully saturated rings. The maximum Gasteiger partial charge on any atom is 0.338 e. The molecule has 1 amide bonds. The van der Waals surface area contributed by atoms with E-state index in [9.17, 15) is 14.4 Å². The van der Waals surface area contributed by atoms with E-state index in [0.717, 1.165) is 5.56 Å². The maximum absolute atomic E-state index is 12.2. The molecule has 0 bridgehead atoms. The Hall–Kier alpha value is -4.05. The first-order chi connectivity index (χ1) is 15.5.